The molecule has 0 bridgehead atoms. The van der Waals surface area contributed by atoms with Gasteiger partial charge in [0, 0.05) is 11.1 Å². The second-order valence-electron chi connectivity index (χ2n) is 5.34. The van der Waals surface area contributed by atoms with Crippen LogP contribution >= 0.6 is 0 Å². The summed E-state index contributed by atoms with van der Waals surface area (Å²) in [6, 6.07) is 11.4. The molecule has 0 fully saturated rings. The van der Waals surface area contributed by atoms with Crippen molar-refractivity contribution in [3.63, 3.8) is 0 Å². The van der Waals surface area contributed by atoms with E-state index >= 15 is 0 Å². The number of rotatable bonds is 5. The zero-order chi connectivity index (χ0) is 17.1. The minimum Gasteiger partial charge on any atom is -0.485 e. The molecule has 2 aromatic rings. The van der Waals surface area contributed by atoms with Crippen LogP contribution in [0.5, 0.6) is 11.5 Å². The summed E-state index contributed by atoms with van der Waals surface area (Å²) in [4.78, 5) is 34.8. The third-order valence-corrected chi connectivity index (χ3v) is 3.57. The van der Waals surface area contributed by atoms with Crippen LogP contribution in [0.25, 0.3) is 0 Å². The van der Waals surface area contributed by atoms with Gasteiger partial charge in [0.25, 0.3) is 5.91 Å². The second kappa shape index (κ2) is 6.54. The van der Waals surface area contributed by atoms with Gasteiger partial charge in [0.05, 0.1) is 5.69 Å². The molecule has 1 aliphatic rings. The van der Waals surface area contributed by atoms with E-state index < -0.39 is 0 Å². The first-order valence-electron chi connectivity index (χ1n) is 7.36. The van der Waals surface area contributed by atoms with Crippen molar-refractivity contribution in [2.45, 2.75) is 6.92 Å². The van der Waals surface area contributed by atoms with Gasteiger partial charge >= 0.3 is 0 Å². The number of Topliss-reactive ketones (excluding diaryl/α,β-unsaturated/α-hetero) is 2. The third kappa shape index (κ3) is 3.43. The highest BCUT2D eigenvalue weighted by atomic mass is 16.5. The van der Waals surface area contributed by atoms with Crippen LogP contribution in [0.4, 0.5) is 5.69 Å². The summed E-state index contributed by atoms with van der Waals surface area (Å²) in [5, 5.41) is 2.66. The van der Waals surface area contributed by atoms with Gasteiger partial charge in [0.15, 0.2) is 24.8 Å². The van der Waals surface area contributed by atoms with Gasteiger partial charge in [-0.1, -0.05) is 0 Å². The SMILES string of the molecule is CC(=O)c1ccc(OCC(=O)c2ccc3c(c2)NC(=O)CO3)cc1. The van der Waals surface area contributed by atoms with Crippen LogP contribution in [0, 0.1) is 0 Å². The molecule has 24 heavy (non-hydrogen) atoms. The molecule has 1 N–H and O–H groups in total. The predicted molar refractivity (Wildman–Crippen MR) is 86.8 cm³/mol. The van der Waals surface area contributed by atoms with Gasteiger partial charge in [0.2, 0.25) is 0 Å². The van der Waals surface area contributed by atoms with Gasteiger partial charge in [0.1, 0.15) is 11.5 Å². The molecule has 6 nitrogen and oxygen atoms in total. The van der Waals surface area contributed by atoms with E-state index in [1.807, 2.05) is 0 Å². The zero-order valence-corrected chi connectivity index (χ0v) is 13.0. The van der Waals surface area contributed by atoms with E-state index in [1.165, 1.54) is 6.92 Å². The fourth-order valence-corrected chi connectivity index (χ4v) is 2.27. The Kier molecular flexibility index (Phi) is 4.29. The number of hydrogen-bond acceptors (Lipinski definition) is 5. The third-order valence-electron chi connectivity index (χ3n) is 3.57. The van der Waals surface area contributed by atoms with E-state index in [2.05, 4.69) is 5.32 Å². The number of anilines is 1. The largest absolute Gasteiger partial charge is 0.485 e. The maximum Gasteiger partial charge on any atom is 0.262 e. The van der Waals surface area contributed by atoms with E-state index in [0.29, 0.717) is 28.3 Å². The molecule has 1 heterocycles. The quantitative estimate of drug-likeness (QED) is 0.854. The lowest BCUT2D eigenvalue weighted by Crippen LogP contribution is -2.25. The van der Waals surface area contributed by atoms with Crippen molar-refractivity contribution in [3.05, 3.63) is 53.6 Å². The van der Waals surface area contributed by atoms with Gasteiger partial charge < -0.3 is 14.8 Å². The first kappa shape index (κ1) is 15.7. The Morgan fingerprint density at radius 2 is 1.83 bits per heavy atom. The monoisotopic (exact) mass is 325 g/mol. The Hall–Kier alpha value is -3.15. The number of amides is 1. The predicted octanol–water partition coefficient (Wildman–Crippen LogP) is 2.48. The summed E-state index contributed by atoms with van der Waals surface area (Å²) < 4.78 is 10.7. The van der Waals surface area contributed by atoms with Crippen LogP contribution in [0.1, 0.15) is 27.6 Å². The molecule has 122 valence electrons. The van der Waals surface area contributed by atoms with Crippen LogP contribution in [0.3, 0.4) is 0 Å². The Balaban J connectivity index is 1.66. The number of fused-ring (bicyclic) bond motifs is 1. The smallest absolute Gasteiger partial charge is 0.262 e. The molecule has 1 amide bonds. The molecule has 0 atom stereocenters. The van der Waals surface area contributed by atoms with Crippen molar-refractivity contribution >= 4 is 23.2 Å². The van der Waals surface area contributed by atoms with Crippen LogP contribution in [-0.4, -0.2) is 30.7 Å². The highest BCUT2D eigenvalue weighted by Crippen LogP contribution is 2.28. The number of nitrogens with one attached hydrogen (secondary N) is 1. The van der Waals surface area contributed by atoms with Gasteiger partial charge in [-0.05, 0) is 49.4 Å². The van der Waals surface area contributed by atoms with Crippen LogP contribution in [0.2, 0.25) is 0 Å². The number of ether oxygens (including phenoxy) is 2. The van der Waals surface area contributed by atoms with Gasteiger partial charge in [-0.15, -0.1) is 0 Å². The van der Waals surface area contributed by atoms with Crippen LogP contribution in [0.15, 0.2) is 42.5 Å². The molecule has 0 aromatic heterocycles. The highest BCUT2D eigenvalue weighted by molar-refractivity contribution is 6.01. The van der Waals surface area contributed by atoms with Crippen molar-refractivity contribution in [1.29, 1.82) is 0 Å². The number of carbonyl (C=O) groups is 3. The van der Waals surface area contributed by atoms with Gasteiger partial charge in [-0.25, -0.2) is 0 Å². The average Bonchev–Trinajstić information content (AvgIpc) is 2.59. The molecule has 0 radical (unpaired) electrons. The fraction of sp³-hybridized carbons (Fsp3) is 0.167. The second-order valence-corrected chi connectivity index (χ2v) is 5.34. The summed E-state index contributed by atoms with van der Waals surface area (Å²) in [5.41, 5.74) is 1.47. The fourth-order valence-electron chi connectivity index (χ4n) is 2.27. The summed E-state index contributed by atoms with van der Waals surface area (Å²) >= 11 is 0. The maximum absolute atomic E-state index is 12.2. The van der Waals surface area contributed by atoms with Crippen LogP contribution < -0.4 is 14.8 Å². The van der Waals surface area contributed by atoms with Crippen molar-refractivity contribution < 1.29 is 23.9 Å². The zero-order valence-electron chi connectivity index (χ0n) is 13.0. The number of benzene rings is 2. The topological polar surface area (TPSA) is 81.7 Å². The lowest BCUT2D eigenvalue weighted by molar-refractivity contribution is -0.118. The molecular weight excluding hydrogens is 310 g/mol. The summed E-state index contributed by atoms with van der Waals surface area (Å²) in [7, 11) is 0. The minimum absolute atomic E-state index is 0.0281. The Morgan fingerprint density at radius 1 is 1.12 bits per heavy atom. The summed E-state index contributed by atoms with van der Waals surface area (Å²) in [5.74, 6) is 0.521. The normalized spacial score (nSPS) is 12.6. The Morgan fingerprint density at radius 3 is 2.54 bits per heavy atom. The van der Waals surface area contributed by atoms with E-state index in [-0.39, 0.29) is 30.7 Å². The van der Waals surface area contributed by atoms with Gasteiger partial charge in [-0.3, -0.25) is 14.4 Å². The number of hydrogen-bond donors (Lipinski definition) is 1. The van der Waals surface area contributed by atoms with Crippen molar-refractivity contribution in [3.8, 4) is 11.5 Å². The first-order valence-corrected chi connectivity index (χ1v) is 7.36. The van der Waals surface area contributed by atoms with Crippen molar-refractivity contribution in [1.82, 2.24) is 0 Å². The molecule has 0 saturated carbocycles. The lowest BCUT2D eigenvalue weighted by Gasteiger charge is -2.18. The Bertz CT molecular complexity index is 811. The first-order chi connectivity index (χ1) is 11.5. The van der Waals surface area contributed by atoms with E-state index in [4.69, 9.17) is 9.47 Å². The van der Waals surface area contributed by atoms with Gasteiger partial charge in [-0.2, -0.15) is 0 Å². The number of ketones is 2. The summed E-state index contributed by atoms with van der Waals surface area (Å²) in [6.45, 7) is 1.31. The van der Waals surface area contributed by atoms with Crippen molar-refractivity contribution in [2.24, 2.45) is 0 Å². The molecule has 2 aromatic carbocycles. The molecule has 0 saturated heterocycles. The average molecular weight is 325 g/mol. The highest BCUT2D eigenvalue weighted by Gasteiger charge is 2.18. The maximum atomic E-state index is 12.2. The lowest BCUT2D eigenvalue weighted by atomic mass is 10.1. The van der Waals surface area contributed by atoms with Crippen LogP contribution in [-0.2, 0) is 4.79 Å². The number of carbonyl (C=O) groups excluding carboxylic acids is 3. The molecule has 3 rings (SSSR count). The van der Waals surface area contributed by atoms with E-state index in [9.17, 15) is 14.4 Å². The standard InChI is InChI=1S/C18H15NO5/c1-11(20)12-2-5-14(6-3-12)23-9-16(21)13-4-7-17-15(8-13)19-18(22)10-24-17/h2-8H,9-10H2,1H3,(H,19,22). The van der Waals surface area contributed by atoms with E-state index in [1.54, 1.807) is 42.5 Å². The Labute approximate surface area is 138 Å². The van der Waals surface area contributed by atoms with E-state index in [0.717, 1.165) is 0 Å². The minimum atomic E-state index is -0.256. The molecule has 1 aliphatic heterocycles. The summed E-state index contributed by atoms with van der Waals surface area (Å²) in [6.07, 6.45) is 0. The molecule has 0 aliphatic carbocycles. The molecule has 0 spiro atoms. The molecule has 0 unspecified atom stereocenters. The van der Waals surface area contributed by atoms with Crippen molar-refractivity contribution in [2.75, 3.05) is 18.5 Å². The molecular formula is C18H15NO5. The molecule has 6 heteroatoms.